The highest BCUT2D eigenvalue weighted by Crippen LogP contribution is 2.24. The second-order valence-corrected chi connectivity index (χ2v) is 5.03. The van der Waals surface area contributed by atoms with E-state index in [0.717, 1.165) is 25.0 Å². The molecule has 0 saturated heterocycles. The fourth-order valence-electron chi connectivity index (χ4n) is 1.46. The van der Waals surface area contributed by atoms with Gasteiger partial charge in [0.2, 0.25) is 0 Å². The molecule has 0 atom stereocenters. The van der Waals surface area contributed by atoms with Crippen molar-refractivity contribution in [2.75, 3.05) is 5.75 Å². The first-order chi connectivity index (χ1) is 8.07. The Hall–Kier alpha value is -1.10. The van der Waals surface area contributed by atoms with Gasteiger partial charge in [-0.1, -0.05) is 19.8 Å². The zero-order valence-electron chi connectivity index (χ0n) is 10.5. The van der Waals surface area contributed by atoms with Crippen LogP contribution in [0, 0.1) is 13.8 Å². The van der Waals surface area contributed by atoms with Crippen LogP contribution in [0.2, 0.25) is 0 Å². The fraction of sp³-hybridized carbons (Fsp3) is 0.583. The number of aromatic carboxylic acids is 1. The molecule has 0 aromatic carbocycles. The largest absolute Gasteiger partial charge is 0.478 e. The van der Waals surface area contributed by atoms with E-state index in [1.165, 1.54) is 11.8 Å². The lowest BCUT2D eigenvalue weighted by Crippen LogP contribution is -2.08. The molecule has 1 aromatic rings. The first-order valence-electron chi connectivity index (χ1n) is 5.77. The van der Waals surface area contributed by atoms with Crippen LogP contribution in [-0.2, 0) is 0 Å². The summed E-state index contributed by atoms with van der Waals surface area (Å²) >= 11 is 1.48. The summed E-state index contributed by atoms with van der Waals surface area (Å²) in [7, 11) is 0. The van der Waals surface area contributed by atoms with Crippen LogP contribution in [0.5, 0.6) is 0 Å². The molecule has 4 nitrogen and oxygen atoms in total. The first kappa shape index (κ1) is 14.0. The average molecular weight is 254 g/mol. The zero-order chi connectivity index (χ0) is 12.8. The van der Waals surface area contributed by atoms with Gasteiger partial charge in [-0.05, 0) is 31.6 Å². The molecule has 0 fully saturated rings. The Kier molecular flexibility index (Phi) is 5.41. The summed E-state index contributed by atoms with van der Waals surface area (Å²) in [6, 6.07) is 0. The van der Waals surface area contributed by atoms with Gasteiger partial charge >= 0.3 is 5.97 Å². The molecule has 0 amide bonds. The van der Waals surface area contributed by atoms with Gasteiger partial charge in [-0.3, -0.25) is 0 Å². The zero-order valence-corrected chi connectivity index (χ0v) is 11.3. The third kappa shape index (κ3) is 3.70. The smallest absolute Gasteiger partial charge is 0.338 e. The van der Waals surface area contributed by atoms with E-state index in [1.54, 1.807) is 13.8 Å². The van der Waals surface area contributed by atoms with Crippen LogP contribution in [0.4, 0.5) is 0 Å². The van der Waals surface area contributed by atoms with Gasteiger partial charge in [0.05, 0.1) is 11.3 Å². The molecule has 1 heterocycles. The highest BCUT2D eigenvalue weighted by atomic mass is 32.2. The molecular formula is C12H18N2O2S. The molecule has 0 aliphatic rings. The second kappa shape index (κ2) is 6.59. The van der Waals surface area contributed by atoms with E-state index in [0.29, 0.717) is 21.8 Å². The van der Waals surface area contributed by atoms with Crippen LogP contribution in [0.3, 0.4) is 0 Å². The minimum absolute atomic E-state index is 0.305. The van der Waals surface area contributed by atoms with Crippen LogP contribution >= 0.6 is 11.8 Å². The van der Waals surface area contributed by atoms with E-state index in [1.807, 2.05) is 0 Å². The van der Waals surface area contributed by atoms with Crippen molar-refractivity contribution >= 4 is 17.7 Å². The monoisotopic (exact) mass is 254 g/mol. The molecule has 0 radical (unpaired) electrons. The Bertz CT molecular complexity index is 408. The lowest BCUT2D eigenvalue weighted by atomic mass is 10.1. The SMILES string of the molecule is CCCCCSc1nnc(C)c(C)c1C(=O)O. The highest BCUT2D eigenvalue weighted by molar-refractivity contribution is 7.99. The van der Waals surface area contributed by atoms with E-state index in [-0.39, 0.29) is 0 Å². The van der Waals surface area contributed by atoms with Crippen molar-refractivity contribution in [2.45, 2.75) is 45.1 Å². The Labute approximate surface area is 106 Å². The topological polar surface area (TPSA) is 63.1 Å². The molecule has 1 aromatic heterocycles. The highest BCUT2D eigenvalue weighted by Gasteiger charge is 2.17. The number of aryl methyl sites for hydroxylation is 1. The van der Waals surface area contributed by atoms with Gasteiger partial charge in [0, 0.05) is 0 Å². The molecule has 94 valence electrons. The molecule has 17 heavy (non-hydrogen) atoms. The summed E-state index contributed by atoms with van der Waals surface area (Å²) in [5, 5.41) is 17.7. The molecule has 0 saturated carbocycles. The maximum Gasteiger partial charge on any atom is 0.338 e. The molecule has 1 N–H and O–H groups in total. The minimum Gasteiger partial charge on any atom is -0.478 e. The third-order valence-corrected chi connectivity index (χ3v) is 3.67. The number of rotatable bonds is 6. The number of carboxylic acids is 1. The Morgan fingerprint density at radius 1 is 1.29 bits per heavy atom. The lowest BCUT2D eigenvalue weighted by Gasteiger charge is -2.08. The number of hydrogen-bond acceptors (Lipinski definition) is 4. The van der Waals surface area contributed by atoms with Crippen molar-refractivity contribution in [3.63, 3.8) is 0 Å². The van der Waals surface area contributed by atoms with Gasteiger partial charge in [-0.15, -0.1) is 16.9 Å². The normalized spacial score (nSPS) is 10.5. The lowest BCUT2D eigenvalue weighted by molar-refractivity contribution is 0.0690. The van der Waals surface area contributed by atoms with Gasteiger partial charge < -0.3 is 5.11 Å². The first-order valence-corrected chi connectivity index (χ1v) is 6.76. The Balaban J connectivity index is 2.84. The van der Waals surface area contributed by atoms with Gasteiger partial charge in [0.1, 0.15) is 5.03 Å². The standard InChI is InChI=1S/C12H18N2O2S/c1-4-5-6-7-17-11-10(12(15)16)8(2)9(3)13-14-11/h4-7H2,1-3H3,(H,15,16). The average Bonchev–Trinajstić information content (AvgIpc) is 2.28. The third-order valence-electron chi connectivity index (χ3n) is 2.62. The fourth-order valence-corrected chi connectivity index (χ4v) is 2.49. The predicted molar refractivity (Wildman–Crippen MR) is 68.7 cm³/mol. The van der Waals surface area contributed by atoms with Crippen LogP contribution in [-0.4, -0.2) is 27.0 Å². The number of carboxylic acid groups (broad SMARTS) is 1. The van der Waals surface area contributed by atoms with E-state index in [9.17, 15) is 9.90 Å². The van der Waals surface area contributed by atoms with Crippen LogP contribution in [0.1, 0.15) is 47.8 Å². The molecule has 1 rings (SSSR count). The maximum atomic E-state index is 11.2. The van der Waals surface area contributed by atoms with Gasteiger partial charge in [0.25, 0.3) is 0 Å². The van der Waals surface area contributed by atoms with E-state index >= 15 is 0 Å². The predicted octanol–water partition coefficient (Wildman–Crippen LogP) is 3.07. The molecule has 5 heteroatoms. The van der Waals surface area contributed by atoms with E-state index < -0.39 is 5.97 Å². The molecule has 0 unspecified atom stereocenters. The van der Waals surface area contributed by atoms with Crippen molar-refractivity contribution in [3.8, 4) is 0 Å². The summed E-state index contributed by atoms with van der Waals surface area (Å²) < 4.78 is 0. The van der Waals surface area contributed by atoms with Gasteiger partial charge in [-0.2, -0.15) is 5.10 Å². The Morgan fingerprint density at radius 3 is 2.59 bits per heavy atom. The van der Waals surface area contributed by atoms with Crippen molar-refractivity contribution in [3.05, 3.63) is 16.8 Å². The van der Waals surface area contributed by atoms with Crippen LogP contribution in [0.15, 0.2) is 5.03 Å². The number of hydrogen-bond donors (Lipinski definition) is 1. The molecule has 0 aliphatic heterocycles. The minimum atomic E-state index is -0.918. The number of thioether (sulfide) groups is 1. The van der Waals surface area contributed by atoms with Crippen molar-refractivity contribution < 1.29 is 9.90 Å². The molecule has 0 aliphatic carbocycles. The van der Waals surface area contributed by atoms with Gasteiger partial charge in [0.15, 0.2) is 0 Å². The van der Waals surface area contributed by atoms with E-state index in [2.05, 4.69) is 17.1 Å². The summed E-state index contributed by atoms with van der Waals surface area (Å²) in [5.74, 6) is -0.0239. The van der Waals surface area contributed by atoms with E-state index in [4.69, 9.17) is 0 Å². The van der Waals surface area contributed by atoms with Crippen molar-refractivity contribution in [2.24, 2.45) is 0 Å². The molecular weight excluding hydrogens is 236 g/mol. The number of carbonyl (C=O) groups is 1. The van der Waals surface area contributed by atoms with Gasteiger partial charge in [-0.25, -0.2) is 4.79 Å². The second-order valence-electron chi connectivity index (χ2n) is 3.95. The van der Waals surface area contributed by atoms with Crippen LogP contribution < -0.4 is 0 Å². The maximum absolute atomic E-state index is 11.2. The van der Waals surface area contributed by atoms with Crippen molar-refractivity contribution in [1.29, 1.82) is 0 Å². The number of aromatic nitrogens is 2. The molecule has 0 spiro atoms. The quantitative estimate of drug-likeness (QED) is 0.624. The Morgan fingerprint density at radius 2 is 2.00 bits per heavy atom. The number of nitrogens with zero attached hydrogens (tertiary/aromatic N) is 2. The van der Waals surface area contributed by atoms with Crippen LogP contribution in [0.25, 0.3) is 0 Å². The summed E-state index contributed by atoms with van der Waals surface area (Å²) in [4.78, 5) is 11.2. The van der Waals surface area contributed by atoms with Crippen molar-refractivity contribution in [1.82, 2.24) is 10.2 Å². The summed E-state index contributed by atoms with van der Waals surface area (Å²) in [5.41, 5.74) is 1.70. The molecule has 0 bridgehead atoms. The number of unbranched alkanes of at least 4 members (excludes halogenated alkanes) is 2. The summed E-state index contributed by atoms with van der Waals surface area (Å²) in [6.07, 6.45) is 3.40. The summed E-state index contributed by atoms with van der Waals surface area (Å²) in [6.45, 7) is 5.70.